The summed E-state index contributed by atoms with van der Waals surface area (Å²) in [5.74, 6) is 0. The molecule has 0 amide bonds. The number of hydrogen-bond donors (Lipinski definition) is 1. The highest BCUT2D eigenvalue weighted by molar-refractivity contribution is 5.32. The normalized spacial score (nSPS) is 21.0. The lowest BCUT2D eigenvalue weighted by atomic mass is 10.1. The lowest BCUT2D eigenvalue weighted by Crippen LogP contribution is -2.30. The van der Waals surface area contributed by atoms with Crippen LogP contribution in [0.15, 0.2) is 24.3 Å². The SMILES string of the molecule is CC1(C)CCC(CNCCc2ccc([N+](=O)[O-])cc2)O1. The molecule has 1 aliphatic heterocycles. The van der Waals surface area contributed by atoms with Gasteiger partial charge in [-0.15, -0.1) is 0 Å². The highest BCUT2D eigenvalue weighted by Crippen LogP contribution is 2.28. The number of nitrogens with zero attached hydrogens (tertiary/aromatic N) is 1. The number of nitro benzene ring substituents is 1. The van der Waals surface area contributed by atoms with Gasteiger partial charge in [-0.25, -0.2) is 0 Å². The van der Waals surface area contributed by atoms with Crippen LogP contribution in [0.4, 0.5) is 5.69 Å². The van der Waals surface area contributed by atoms with Crippen LogP contribution in [-0.2, 0) is 11.2 Å². The highest BCUT2D eigenvalue weighted by Gasteiger charge is 2.30. The van der Waals surface area contributed by atoms with Gasteiger partial charge in [0.2, 0.25) is 0 Å². The number of benzene rings is 1. The summed E-state index contributed by atoms with van der Waals surface area (Å²) in [4.78, 5) is 10.2. The molecule has 1 unspecified atom stereocenters. The molecule has 0 aliphatic carbocycles. The van der Waals surface area contributed by atoms with Crippen LogP contribution in [0.5, 0.6) is 0 Å². The first kappa shape index (κ1) is 14.9. The van der Waals surface area contributed by atoms with Crippen molar-refractivity contribution in [1.82, 2.24) is 5.32 Å². The second kappa shape index (κ2) is 6.33. The molecule has 5 heteroatoms. The predicted octanol–water partition coefficient (Wildman–Crippen LogP) is 2.68. The van der Waals surface area contributed by atoms with Crippen LogP contribution in [0.1, 0.15) is 32.3 Å². The number of non-ortho nitro benzene ring substituents is 1. The van der Waals surface area contributed by atoms with Gasteiger partial charge in [0.15, 0.2) is 0 Å². The second-order valence-corrected chi connectivity index (χ2v) is 5.92. The summed E-state index contributed by atoms with van der Waals surface area (Å²) in [6.45, 7) is 5.99. The third-order valence-electron chi connectivity index (χ3n) is 3.66. The molecule has 1 aromatic carbocycles. The van der Waals surface area contributed by atoms with Crippen LogP contribution in [0, 0.1) is 10.1 Å². The summed E-state index contributed by atoms with van der Waals surface area (Å²) in [6, 6.07) is 6.74. The molecule has 1 aliphatic rings. The van der Waals surface area contributed by atoms with Gasteiger partial charge in [0.1, 0.15) is 0 Å². The molecule has 0 bridgehead atoms. The van der Waals surface area contributed by atoms with E-state index in [-0.39, 0.29) is 16.2 Å². The minimum absolute atomic E-state index is 0.0186. The van der Waals surface area contributed by atoms with Crippen LogP contribution in [-0.4, -0.2) is 29.7 Å². The van der Waals surface area contributed by atoms with Crippen LogP contribution >= 0.6 is 0 Å². The molecule has 1 N–H and O–H groups in total. The summed E-state index contributed by atoms with van der Waals surface area (Å²) < 4.78 is 5.91. The molecule has 1 atom stereocenters. The topological polar surface area (TPSA) is 64.4 Å². The van der Waals surface area contributed by atoms with E-state index in [0.29, 0.717) is 6.10 Å². The molecule has 0 spiro atoms. The van der Waals surface area contributed by atoms with Crippen molar-refractivity contribution >= 4 is 5.69 Å². The van der Waals surface area contributed by atoms with E-state index in [0.717, 1.165) is 37.9 Å². The van der Waals surface area contributed by atoms with Crippen molar-refractivity contribution in [2.45, 2.75) is 44.8 Å². The molecule has 0 radical (unpaired) electrons. The van der Waals surface area contributed by atoms with E-state index < -0.39 is 0 Å². The monoisotopic (exact) mass is 278 g/mol. The Bertz CT molecular complexity index is 457. The van der Waals surface area contributed by atoms with Gasteiger partial charge in [-0.05, 0) is 45.2 Å². The Morgan fingerprint density at radius 2 is 2.10 bits per heavy atom. The Labute approximate surface area is 119 Å². The van der Waals surface area contributed by atoms with Gasteiger partial charge in [0.05, 0.1) is 16.6 Å². The van der Waals surface area contributed by atoms with Crippen molar-refractivity contribution in [3.05, 3.63) is 39.9 Å². The second-order valence-electron chi connectivity index (χ2n) is 5.92. The van der Waals surface area contributed by atoms with Crippen molar-refractivity contribution in [1.29, 1.82) is 0 Å². The van der Waals surface area contributed by atoms with E-state index in [9.17, 15) is 10.1 Å². The van der Waals surface area contributed by atoms with Gasteiger partial charge in [-0.3, -0.25) is 10.1 Å². The third kappa shape index (κ3) is 4.28. The molecule has 2 rings (SSSR count). The standard InChI is InChI=1S/C15H22N2O3/c1-15(2)9-7-14(20-15)11-16-10-8-12-3-5-13(6-4-12)17(18)19/h3-6,14,16H,7-11H2,1-2H3. The highest BCUT2D eigenvalue weighted by atomic mass is 16.6. The Balaban J connectivity index is 1.67. The molecular formula is C15H22N2O3. The molecule has 0 aromatic heterocycles. The van der Waals surface area contributed by atoms with Crippen molar-refractivity contribution in [2.75, 3.05) is 13.1 Å². The summed E-state index contributed by atoms with van der Waals surface area (Å²) >= 11 is 0. The Morgan fingerprint density at radius 1 is 1.40 bits per heavy atom. The Kier molecular flexibility index (Phi) is 4.73. The fourth-order valence-corrected chi connectivity index (χ4v) is 2.50. The van der Waals surface area contributed by atoms with E-state index in [1.807, 2.05) is 12.1 Å². The first-order chi connectivity index (χ1) is 9.46. The number of hydrogen-bond acceptors (Lipinski definition) is 4. The predicted molar refractivity (Wildman–Crippen MR) is 77.9 cm³/mol. The quantitative estimate of drug-likeness (QED) is 0.493. The first-order valence-electron chi connectivity index (χ1n) is 7.08. The largest absolute Gasteiger partial charge is 0.371 e. The maximum absolute atomic E-state index is 10.6. The van der Waals surface area contributed by atoms with E-state index in [1.54, 1.807) is 12.1 Å². The summed E-state index contributed by atoms with van der Waals surface area (Å²) in [7, 11) is 0. The molecule has 20 heavy (non-hydrogen) atoms. The first-order valence-corrected chi connectivity index (χ1v) is 7.08. The van der Waals surface area contributed by atoms with Gasteiger partial charge in [-0.1, -0.05) is 12.1 Å². The van der Waals surface area contributed by atoms with Gasteiger partial charge in [0, 0.05) is 18.7 Å². The summed E-state index contributed by atoms with van der Waals surface area (Å²) in [5.41, 5.74) is 1.27. The van der Waals surface area contributed by atoms with E-state index in [2.05, 4.69) is 19.2 Å². The van der Waals surface area contributed by atoms with E-state index >= 15 is 0 Å². The number of nitrogens with one attached hydrogen (secondary N) is 1. The smallest absolute Gasteiger partial charge is 0.269 e. The summed E-state index contributed by atoms with van der Waals surface area (Å²) in [6.07, 6.45) is 3.40. The molecule has 1 aromatic rings. The fourth-order valence-electron chi connectivity index (χ4n) is 2.50. The molecule has 1 fully saturated rings. The molecule has 1 heterocycles. The average molecular weight is 278 g/mol. The molecule has 1 saturated heterocycles. The molecule has 0 saturated carbocycles. The van der Waals surface area contributed by atoms with Crippen LogP contribution in [0.2, 0.25) is 0 Å². The van der Waals surface area contributed by atoms with E-state index in [1.165, 1.54) is 0 Å². The van der Waals surface area contributed by atoms with Crippen molar-refractivity contribution in [2.24, 2.45) is 0 Å². The number of nitro groups is 1. The minimum Gasteiger partial charge on any atom is -0.371 e. The number of ether oxygens (including phenoxy) is 1. The van der Waals surface area contributed by atoms with Crippen LogP contribution < -0.4 is 5.32 Å². The van der Waals surface area contributed by atoms with Gasteiger partial charge < -0.3 is 10.1 Å². The zero-order valence-electron chi connectivity index (χ0n) is 12.1. The lowest BCUT2D eigenvalue weighted by molar-refractivity contribution is -0.384. The number of rotatable bonds is 6. The maximum atomic E-state index is 10.6. The van der Waals surface area contributed by atoms with Crippen LogP contribution in [0.25, 0.3) is 0 Å². The van der Waals surface area contributed by atoms with Crippen molar-refractivity contribution in [3.8, 4) is 0 Å². The molecular weight excluding hydrogens is 256 g/mol. The van der Waals surface area contributed by atoms with Crippen molar-refractivity contribution in [3.63, 3.8) is 0 Å². The third-order valence-corrected chi connectivity index (χ3v) is 3.66. The Morgan fingerprint density at radius 3 is 2.65 bits per heavy atom. The molecule has 110 valence electrons. The molecule has 5 nitrogen and oxygen atoms in total. The fraction of sp³-hybridized carbons (Fsp3) is 0.600. The summed E-state index contributed by atoms with van der Waals surface area (Å²) in [5, 5.41) is 13.9. The zero-order valence-corrected chi connectivity index (χ0v) is 12.1. The van der Waals surface area contributed by atoms with Gasteiger partial charge >= 0.3 is 0 Å². The Hall–Kier alpha value is -1.46. The average Bonchev–Trinajstić information content (AvgIpc) is 2.75. The maximum Gasteiger partial charge on any atom is 0.269 e. The van der Waals surface area contributed by atoms with Crippen LogP contribution in [0.3, 0.4) is 0 Å². The van der Waals surface area contributed by atoms with Gasteiger partial charge in [-0.2, -0.15) is 0 Å². The van der Waals surface area contributed by atoms with Gasteiger partial charge in [0.25, 0.3) is 5.69 Å². The minimum atomic E-state index is -0.374. The zero-order chi connectivity index (χ0) is 14.6. The lowest BCUT2D eigenvalue weighted by Gasteiger charge is -2.19. The van der Waals surface area contributed by atoms with Crippen molar-refractivity contribution < 1.29 is 9.66 Å². The van der Waals surface area contributed by atoms with E-state index in [4.69, 9.17) is 4.74 Å².